The van der Waals surface area contributed by atoms with E-state index in [9.17, 15) is 4.79 Å². The van der Waals surface area contributed by atoms with Crippen LogP contribution in [0.25, 0.3) is 0 Å². The van der Waals surface area contributed by atoms with Crippen LogP contribution in [0.5, 0.6) is 0 Å². The Bertz CT molecular complexity index is 256. The molecular formula is C12H18O2. The van der Waals surface area contributed by atoms with Gasteiger partial charge < -0.3 is 9.90 Å². The first-order chi connectivity index (χ1) is 6.84. The Morgan fingerprint density at radius 3 is 2.50 bits per heavy atom. The molecule has 78 valence electrons. The molecule has 14 heavy (non-hydrogen) atoms. The first kappa shape index (κ1) is 12.8. The summed E-state index contributed by atoms with van der Waals surface area (Å²) < 4.78 is 0. The molecule has 0 atom stereocenters. The number of aryl methyl sites for hydroxylation is 2. The van der Waals surface area contributed by atoms with Crippen LogP contribution in [0, 0.1) is 6.92 Å². The summed E-state index contributed by atoms with van der Waals surface area (Å²) in [6, 6.07) is 8.32. The van der Waals surface area contributed by atoms with Gasteiger partial charge in [-0.2, -0.15) is 0 Å². The fourth-order valence-corrected chi connectivity index (χ4v) is 1.27. The van der Waals surface area contributed by atoms with Gasteiger partial charge in [0.2, 0.25) is 0 Å². The smallest absolute Gasteiger partial charge is 0.120 e. The van der Waals surface area contributed by atoms with Crippen LogP contribution in [0.2, 0.25) is 0 Å². The van der Waals surface area contributed by atoms with Crippen LogP contribution in [0.15, 0.2) is 24.3 Å². The van der Waals surface area contributed by atoms with Gasteiger partial charge in [-0.3, -0.25) is 0 Å². The topological polar surface area (TPSA) is 37.3 Å². The van der Waals surface area contributed by atoms with Gasteiger partial charge in [0.05, 0.1) is 0 Å². The lowest BCUT2D eigenvalue weighted by molar-refractivity contribution is -0.107. The van der Waals surface area contributed by atoms with E-state index in [4.69, 9.17) is 5.11 Å². The molecule has 1 aromatic carbocycles. The van der Waals surface area contributed by atoms with Crippen molar-refractivity contribution in [1.82, 2.24) is 0 Å². The molecule has 1 aromatic rings. The Hall–Kier alpha value is -1.15. The maximum Gasteiger partial charge on any atom is 0.120 e. The Morgan fingerprint density at radius 1 is 1.29 bits per heavy atom. The first-order valence-corrected chi connectivity index (χ1v) is 4.77. The number of aliphatic hydroxyl groups excluding tert-OH is 1. The predicted octanol–water partition coefficient (Wildman–Crippen LogP) is 2.13. The van der Waals surface area contributed by atoms with E-state index in [1.54, 1.807) is 0 Å². The first-order valence-electron chi connectivity index (χ1n) is 4.77. The Labute approximate surface area is 85.6 Å². The number of hydrogen-bond acceptors (Lipinski definition) is 2. The molecule has 2 nitrogen and oxygen atoms in total. The number of rotatable bonds is 4. The Balaban J connectivity index is 0.000000791. The van der Waals surface area contributed by atoms with Crippen molar-refractivity contribution in [3.05, 3.63) is 35.4 Å². The van der Waals surface area contributed by atoms with Crippen molar-refractivity contribution >= 4 is 6.29 Å². The number of hydrogen-bond donors (Lipinski definition) is 1. The highest BCUT2D eigenvalue weighted by atomic mass is 16.2. The normalized spacial score (nSPS) is 8.79. The molecule has 0 amide bonds. The molecule has 0 spiro atoms. The van der Waals surface area contributed by atoms with Gasteiger partial charge in [-0.25, -0.2) is 0 Å². The summed E-state index contributed by atoms with van der Waals surface area (Å²) in [4.78, 5) is 10.1. The third-order valence-electron chi connectivity index (χ3n) is 2.03. The number of unbranched alkanes of at least 4 members (excludes halogenated alkanes) is 1. The molecule has 0 fully saturated rings. The minimum Gasteiger partial charge on any atom is -0.400 e. The number of aldehydes is 1. The standard InChI is InChI=1S/C11H14O.CH4O/c1-10-6-2-3-7-11(10)8-4-5-9-12;1-2/h2-3,6-7,9H,4-5,8H2,1H3;2H,1H3. The molecule has 0 saturated carbocycles. The van der Waals surface area contributed by atoms with Crippen molar-refractivity contribution in [1.29, 1.82) is 0 Å². The van der Waals surface area contributed by atoms with Gasteiger partial charge in [0.15, 0.2) is 0 Å². The Morgan fingerprint density at radius 2 is 1.93 bits per heavy atom. The van der Waals surface area contributed by atoms with E-state index in [1.807, 2.05) is 12.1 Å². The zero-order valence-corrected chi connectivity index (χ0v) is 8.86. The fraction of sp³-hybridized carbons (Fsp3) is 0.417. The summed E-state index contributed by atoms with van der Waals surface area (Å²) in [6.45, 7) is 2.11. The summed E-state index contributed by atoms with van der Waals surface area (Å²) in [5.74, 6) is 0. The summed E-state index contributed by atoms with van der Waals surface area (Å²) >= 11 is 0. The minimum atomic E-state index is 0.675. The fourth-order valence-electron chi connectivity index (χ4n) is 1.27. The van der Waals surface area contributed by atoms with E-state index in [-0.39, 0.29) is 0 Å². The van der Waals surface area contributed by atoms with Crippen molar-refractivity contribution < 1.29 is 9.90 Å². The molecule has 0 saturated heterocycles. The highest BCUT2D eigenvalue weighted by molar-refractivity contribution is 5.49. The minimum absolute atomic E-state index is 0.675. The molecule has 0 aliphatic rings. The van der Waals surface area contributed by atoms with Crippen LogP contribution in [0.3, 0.4) is 0 Å². The molecular weight excluding hydrogens is 176 g/mol. The van der Waals surface area contributed by atoms with Crippen molar-refractivity contribution in [2.75, 3.05) is 7.11 Å². The number of aliphatic hydroxyl groups is 1. The molecule has 0 radical (unpaired) electrons. The second-order valence-corrected chi connectivity index (χ2v) is 2.99. The lowest BCUT2D eigenvalue weighted by Crippen LogP contribution is -1.89. The third kappa shape index (κ3) is 4.77. The molecule has 0 aliphatic carbocycles. The van der Waals surface area contributed by atoms with E-state index in [2.05, 4.69) is 19.1 Å². The van der Waals surface area contributed by atoms with E-state index in [0.29, 0.717) is 6.42 Å². The molecule has 0 heterocycles. The van der Waals surface area contributed by atoms with Gasteiger partial charge in [-0.05, 0) is 30.9 Å². The average Bonchev–Trinajstić information content (AvgIpc) is 2.24. The van der Waals surface area contributed by atoms with E-state index < -0.39 is 0 Å². The SMILES string of the molecule is CO.Cc1ccccc1CCCC=O. The Kier molecular flexibility index (Phi) is 7.75. The zero-order valence-electron chi connectivity index (χ0n) is 8.86. The molecule has 0 aromatic heterocycles. The second-order valence-electron chi connectivity index (χ2n) is 2.99. The van der Waals surface area contributed by atoms with Crippen LogP contribution in [0.4, 0.5) is 0 Å². The highest BCUT2D eigenvalue weighted by Crippen LogP contribution is 2.09. The molecule has 2 heteroatoms. The summed E-state index contributed by atoms with van der Waals surface area (Å²) in [5.41, 5.74) is 2.68. The van der Waals surface area contributed by atoms with E-state index in [1.165, 1.54) is 11.1 Å². The number of carbonyl (C=O) groups is 1. The zero-order chi connectivity index (χ0) is 10.8. The van der Waals surface area contributed by atoms with Gasteiger partial charge >= 0.3 is 0 Å². The predicted molar refractivity (Wildman–Crippen MR) is 58.3 cm³/mol. The quantitative estimate of drug-likeness (QED) is 0.589. The lowest BCUT2D eigenvalue weighted by atomic mass is 10.0. The van der Waals surface area contributed by atoms with E-state index >= 15 is 0 Å². The van der Waals surface area contributed by atoms with Crippen LogP contribution in [-0.2, 0) is 11.2 Å². The third-order valence-corrected chi connectivity index (χ3v) is 2.03. The van der Waals surface area contributed by atoms with Gasteiger partial charge in [0, 0.05) is 13.5 Å². The van der Waals surface area contributed by atoms with Gasteiger partial charge in [-0.15, -0.1) is 0 Å². The maximum atomic E-state index is 10.1. The molecule has 0 unspecified atom stereocenters. The van der Waals surface area contributed by atoms with Gasteiger partial charge in [0.1, 0.15) is 6.29 Å². The van der Waals surface area contributed by atoms with Crippen LogP contribution in [-0.4, -0.2) is 18.5 Å². The maximum absolute atomic E-state index is 10.1. The molecule has 1 rings (SSSR count). The van der Waals surface area contributed by atoms with Crippen molar-refractivity contribution in [3.8, 4) is 0 Å². The summed E-state index contributed by atoms with van der Waals surface area (Å²) in [6.07, 6.45) is 3.65. The second kappa shape index (κ2) is 8.45. The molecule has 0 aliphatic heterocycles. The van der Waals surface area contributed by atoms with Crippen LogP contribution >= 0.6 is 0 Å². The number of carbonyl (C=O) groups excluding carboxylic acids is 1. The lowest BCUT2D eigenvalue weighted by Gasteiger charge is -2.02. The molecule has 0 bridgehead atoms. The summed E-state index contributed by atoms with van der Waals surface area (Å²) in [7, 11) is 1.00. The van der Waals surface area contributed by atoms with Crippen molar-refractivity contribution in [2.45, 2.75) is 26.2 Å². The van der Waals surface area contributed by atoms with Crippen LogP contribution in [0.1, 0.15) is 24.0 Å². The van der Waals surface area contributed by atoms with Gasteiger partial charge in [0.25, 0.3) is 0 Å². The van der Waals surface area contributed by atoms with E-state index in [0.717, 1.165) is 26.2 Å². The monoisotopic (exact) mass is 194 g/mol. The van der Waals surface area contributed by atoms with Crippen molar-refractivity contribution in [3.63, 3.8) is 0 Å². The average molecular weight is 194 g/mol. The highest BCUT2D eigenvalue weighted by Gasteiger charge is 1.95. The molecule has 1 N–H and O–H groups in total. The van der Waals surface area contributed by atoms with Crippen molar-refractivity contribution in [2.24, 2.45) is 0 Å². The number of benzene rings is 1. The summed E-state index contributed by atoms with van der Waals surface area (Å²) in [5, 5.41) is 7.00. The van der Waals surface area contributed by atoms with Gasteiger partial charge in [-0.1, -0.05) is 24.3 Å². The largest absolute Gasteiger partial charge is 0.400 e. The van der Waals surface area contributed by atoms with Crippen LogP contribution < -0.4 is 0 Å².